The van der Waals surface area contributed by atoms with Gasteiger partial charge in [0.05, 0.1) is 19.9 Å². The number of nitrogens with one attached hydrogen (secondary N) is 1. The molecular formula is C20H22N4O4. The van der Waals surface area contributed by atoms with Crippen LogP contribution in [-0.2, 0) is 19.4 Å². The van der Waals surface area contributed by atoms with Crippen molar-refractivity contribution in [3.63, 3.8) is 0 Å². The normalized spacial score (nSPS) is 10.7. The van der Waals surface area contributed by atoms with Gasteiger partial charge in [-0.1, -0.05) is 12.1 Å². The number of hydrogen-bond donors (Lipinski definition) is 1. The number of hydrogen-bond acceptors (Lipinski definition) is 6. The first-order chi connectivity index (χ1) is 13.5. The van der Waals surface area contributed by atoms with E-state index >= 15 is 0 Å². The van der Waals surface area contributed by atoms with Crippen molar-refractivity contribution in [2.75, 3.05) is 12.4 Å². The molecule has 3 aromatic rings. The number of anilines is 1. The fraction of sp³-hybridized carbons (Fsp3) is 0.300. The van der Waals surface area contributed by atoms with Crippen LogP contribution < -0.4 is 15.7 Å². The van der Waals surface area contributed by atoms with Gasteiger partial charge >= 0.3 is 5.63 Å². The number of rotatable bonds is 7. The number of carbonyl (C=O) groups is 1. The van der Waals surface area contributed by atoms with E-state index in [-0.39, 0.29) is 11.4 Å². The summed E-state index contributed by atoms with van der Waals surface area (Å²) >= 11 is 0. The molecule has 0 aliphatic heterocycles. The third-order valence-electron chi connectivity index (χ3n) is 4.31. The maximum Gasteiger partial charge on any atom is 0.349 e. The fourth-order valence-electron chi connectivity index (χ4n) is 2.81. The van der Waals surface area contributed by atoms with Crippen LogP contribution in [0.4, 0.5) is 5.82 Å². The van der Waals surface area contributed by atoms with Crippen molar-refractivity contribution >= 4 is 11.7 Å². The average Bonchev–Trinajstić information content (AvgIpc) is 3.13. The Morgan fingerprint density at radius 2 is 2.00 bits per heavy atom. The molecule has 8 heteroatoms. The first-order valence-electron chi connectivity index (χ1n) is 8.98. The monoisotopic (exact) mass is 382 g/mol. The Morgan fingerprint density at radius 1 is 1.25 bits per heavy atom. The first kappa shape index (κ1) is 19.3. The van der Waals surface area contributed by atoms with Gasteiger partial charge < -0.3 is 14.5 Å². The van der Waals surface area contributed by atoms with Crippen LogP contribution >= 0.6 is 0 Å². The van der Waals surface area contributed by atoms with Crippen molar-refractivity contribution in [1.29, 1.82) is 0 Å². The van der Waals surface area contributed by atoms with Gasteiger partial charge in [0.2, 0.25) is 0 Å². The lowest BCUT2D eigenvalue weighted by atomic mass is 10.1. The number of aromatic nitrogens is 3. The Bertz CT molecular complexity index is 1020. The highest BCUT2D eigenvalue weighted by molar-refractivity contribution is 6.04. The van der Waals surface area contributed by atoms with Gasteiger partial charge in [0.15, 0.2) is 5.82 Å². The molecule has 0 spiro atoms. The summed E-state index contributed by atoms with van der Waals surface area (Å²) in [4.78, 5) is 26.2. The van der Waals surface area contributed by atoms with Gasteiger partial charge in [-0.15, -0.1) is 5.10 Å². The largest absolute Gasteiger partial charge is 0.497 e. The lowest BCUT2D eigenvalue weighted by Gasteiger charge is -2.07. The van der Waals surface area contributed by atoms with Gasteiger partial charge in [-0.2, -0.15) is 9.90 Å². The van der Waals surface area contributed by atoms with Gasteiger partial charge in [0.1, 0.15) is 17.1 Å². The summed E-state index contributed by atoms with van der Waals surface area (Å²) in [5.41, 5.74) is 0.965. The average molecular weight is 382 g/mol. The number of aryl methyl sites for hydroxylation is 4. The van der Waals surface area contributed by atoms with Crippen LogP contribution in [0.25, 0.3) is 0 Å². The van der Waals surface area contributed by atoms with E-state index in [9.17, 15) is 9.59 Å². The number of carbonyl (C=O) groups excluding carboxylic acids is 1. The quantitative estimate of drug-likeness (QED) is 0.674. The third-order valence-corrected chi connectivity index (χ3v) is 4.31. The molecule has 2 aromatic heterocycles. The number of benzene rings is 1. The fourth-order valence-corrected chi connectivity index (χ4v) is 2.81. The zero-order chi connectivity index (χ0) is 20.1. The molecule has 146 valence electrons. The highest BCUT2D eigenvalue weighted by Gasteiger charge is 2.18. The summed E-state index contributed by atoms with van der Waals surface area (Å²) in [7, 11) is 1.62. The SMILES string of the molecule is CCn1ncc(NC(=O)c2c(C)cc(CCc3ccc(OC)cc3)oc2=O)n1. The van der Waals surface area contributed by atoms with Crippen LogP contribution in [0.5, 0.6) is 5.75 Å². The molecule has 0 saturated heterocycles. The molecule has 2 heterocycles. The molecule has 1 aromatic carbocycles. The molecular weight excluding hydrogens is 360 g/mol. The van der Waals surface area contributed by atoms with Crippen LogP contribution in [0.15, 0.2) is 45.7 Å². The van der Waals surface area contributed by atoms with Crippen LogP contribution in [0.2, 0.25) is 0 Å². The molecule has 0 atom stereocenters. The highest BCUT2D eigenvalue weighted by Crippen LogP contribution is 2.15. The van der Waals surface area contributed by atoms with E-state index in [4.69, 9.17) is 9.15 Å². The van der Waals surface area contributed by atoms with Crippen molar-refractivity contribution in [2.45, 2.75) is 33.2 Å². The highest BCUT2D eigenvalue weighted by atomic mass is 16.5. The van der Waals surface area contributed by atoms with Crippen molar-refractivity contribution in [3.05, 3.63) is 69.4 Å². The number of amides is 1. The summed E-state index contributed by atoms with van der Waals surface area (Å²) < 4.78 is 10.5. The number of ether oxygens (including phenoxy) is 1. The van der Waals surface area contributed by atoms with E-state index in [1.165, 1.54) is 11.0 Å². The number of nitrogens with zero attached hydrogens (tertiary/aromatic N) is 3. The summed E-state index contributed by atoms with van der Waals surface area (Å²) in [5.74, 6) is 1.05. The van der Waals surface area contributed by atoms with Crippen LogP contribution in [-0.4, -0.2) is 28.0 Å². The van der Waals surface area contributed by atoms with Crippen LogP contribution in [0.3, 0.4) is 0 Å². The predicted molar refractivity (Wildman–Crippen MR) is 104 cm³/mol. The Kier molecular flexibility index (Phi) is 5.88. The zero-order valence-corrected chi connectivity index (χ0v) is 16.1. The molecule has 0 unspecified atom stereocenters. The Labute approximate surface area is 162 Å². The van der Waals surface area contributed by atoms with Crippen molar-refractivity contribution in [3.8, 4) is 5.75 Å². The molecule has 0 saturated carbocycles. The zero-order valence-electron chi connectivity index (χ0n) is 16.1. The van der Waals surface area contributed by atoms with Crippen LogP contribution in [0.1, 0.15) is 34.2 Å². The van der Waals surface area contributed by atoms with E-state index in [0.29, 0.717) is 30.7 Å². The molecule has 0 aliphatic rings. The Balaban J connectivity index is 1.70. The Morgan fingerprint density at radius 3 is 2.61 bits per heavy atom. The number of methoxy groups -OCH3 is 1. The second kappa shape index (κ2) is 8.51. The van der Waals surface area contributed by atoms with Gasteiger partial charge in [-0.3, -0.25) is 4.79 Å². The molecule has 1 N–H and O–H groups in total. The minimum Gasteiger partial charge on any atom is -0.497 e. The summed E-state index contributed by atoms with van der Waals surface area (Å²) in [5, 5.41) is 10.6. The maximum atomic E-state index is 12.4. The van der Waals surface area contributed by atoms with Gasteiger partial charge in [0.25, 0.3) is 5.91 Å². The predicted octanol–water partition coefficient (Wildman–Crippen LogP) is 2.61. The van der Waals surface area contributed by atoms with E-state index in [1.54, 1.807) is 20.1 Å². The molecule has 28 heavy (non-hydrogen) atoms. The van der Waals surface area contributed by atoms with E-state index in [2.05, 4.69) is 15.5 Å². The smallest absolute Gasteiger partial charge is 0.349 e. The molecule has 0 fully saturated rings. The van der Waals surface area contributed by atoms with Gasteiger partial charge in [-0.25, -0.2) is 4.79 Å². The van der Waals surface area contributed by atoms with Gasteiger partial charge in [0, 0.05) is 6.42 Å². The summed E-state index contributed by atoms with van der Waals surface area (Å²) in [6.07, 6.45) is 2.69. The lowest BCUT2D eigenvalue weighted by Crippen LogP contribution is -2.23. The molecule has 3 rings (SSSR count). The Hall–Kier alpha value is -3.42. The first-order valence-corrected chi connectivity index (χ1v) is 8.98. The van der Waals surface area contributed by atoms with E-state index in [1.807, 2.05) is 31.2 Å². The summed E-state index contributed by atoms with van der Waals surface area (Å²) in [6.45, 7) is 4.18. The van der Waals surface area contributed by atoms with Gasteiger partial charge in [-0.05, 0) is 49.6 Å². The van der Waals surface area contributed by atoms with E-state index in [0.717, 1.165) is 11.3 Å². The minimum absolute atomic E-state index is 0.0285. The molecule has 0 aliphatic carbocycles. The molecule has 1 amide bonds. The summed E-state index contributed by atoms with van der Waals surface area (Å²) in [6, 6.07) is 9.44. The second-order valence-electron chi connectivity index (χ2n) is 6.28. The molecule has 8 nitrogen and oxygen atoms in total. The maximum absolute atomic E-state index is 12.4. The second-order valence-corrected chi connectivity index (χ2v) is 6.28. The standard InChI is InChI=1S/C20H22N4O4/c1-4-24-21-12-17(23-24)22-19(25)18-13(2)11-16(28-20(18)26)10-7-14-5-8-15(27-3)9-6-14/h5-6,8-9,11-12H,4,7,10H2,1-3H3,(H,22,23,25). The van der Waals surface area contributed by atoms with Crippen molar-refractivity contribution < 1.29 is 13.9 Å². The third kappa shape index (κ3) is 4.46. The van der Waals surface area contributed by atoms with Crippen molar-refractivity contribution in [2.24, 2.45) is 0 Å². The molecule has 0 bridgehead atoms. The lowest BCUT2D eigenvalue weighted by molar-refractivity contribution is 0.102. The van der Waals surface area contributed by atoms with E-state index < -0.39 is 11.5 Å². The minimum atomic E-state index is -0.662. The van der Waals surface area contributed by atoms with Crippen molar-refractivity contribution in [1.82, 2.24) is 15.0 Å². The molecule has 0 radical (unpaired) electrons. The van der Waals surface area contributed by atoms with Crippen LogP contribution in [0, 0.1) is 6.92 Å². The topological polar surface area (TPSA) is 99.3 Å².